The van der Waals surface area contributed by atoms with Crippen LogP contribution < -0.4 is 0 Å². The van der Waals surface area contributed by atoms with E-state index in [1.165, 1.54) is 49.0 Å². The predicted octanol–water partition coefficient (Wildman–Crippen LogP) is 5.88. The Morgan fingerprint density at radius 3 is 2.04 bits per heavy atom. The molecule has 0 saturated heterocycles. The molecule has 4 aliphatic rings. The Hall–Kier alpha value is -1.28. The van der Waals surface area contributed by atoms with Gasteiger partial charge in [0.1, 0.15) is 0 Å². The number of hydrogen-bond donors (Lipinski definition) is 0. The SMILES string of the molecule is c1cc(CCSc2ccc(C34CC5CC(CC(C5)C3)C4)cc2)ccn1. The van der Waals surface area contributed by atoms with Crippen molar-refractivity contribution in [1.29, 1.82) is 0 Å². The maximum atomic E-state index is 4.09. The first kappa shape index (κ1) is 15.9. The van der Waals surface area contributed by atoms with Gasteiger partial charge in [-0.2, -0.15) is 0 Å². The second-order valence-electron chi connectivity index (χ2n) is 8.68. The number of hydrogen-bond acceptors (Lipinski definition) is 2. The Bertz CT molecular complexity index is 686. The summed E-state index contributed by atoms with van der Waals surface area (Å²) in [6.07, 6.45) is 13.9. The Morgan fingerprint density at radius 2 is 1.44 bits per heavy atom. The van der Waals surface area contributed by atoms with E-state index in [2.05, 4.69) is 41.4 Å². The first-order chi connectivity index (χ1) is 12.3. The van der Waals surface area contributed by atoms with E-state index in [4.69, 9.17) is 0 Å². The van der Waals surface area contributed by atoms with Gasteiger partial charge in [0.2, 0.25) is 0 Å². The predicted molar refractivity (Wildman–Crippen MR) is 105 cm³/mol. The summed E-state index contributed by atoms with van der Waals surface area (Å²) in [7, 11) is 0. The Morgan fingerprint density at radius 1 is 0.840 bits per heavy atom. The molecule has 0 radical (unpaired) electrons. The molecule has 4 aliphatic carbocycles. The summed E-state index contributed by atoms with van der Waals surface area (Å²) in [5, 5.41) is 0. The van der Waals surface area contributed by atoms with E-state index < -0.39 is 0 Å². The average Bonchev–Trinajstić information content (AvgIpc) is 2.62. The fraction of sp³-hybridized carbons (Fsp3) is 0.522. The summed E-state index contributed by atoms with van der Waals surface area (Å²) >= 11 is 1.98. The summed E-state index contributed by atoms with van der Waals surface area (Å²) in [6.45, 7) is 0. The zero-order chi connectivity index (χ0) is 16.7. The fourth-order valence-corrected chi connectivity index (χ4v) is 7.11. The highest BCUT2D eigenvalue weighted by Crippen LogP contribution is 2.60. The van der Waals surface area contributed by atoms with E-state index >= 15 is 0 Å². The zero-order valence-corrected chi connectivity index (χ0v) is 15.7. The smallest absolute Gasteiger partial charge is 0.0270 e. The van der Waals surface area contributed by atoms with Gasteiger partial charge in [0.05, 0.1) is 0 Å². The van der Waals surface area contributed by atoms with Crippen LogP contribution in [0, 0.1) is 17.8 Å². The molecule has 2 aromatic rings. The molecule has 1 aromatic carbocycles. The molecule has 130 valence electrons. The van der Waals surface area contributed by atoms with Gasteiger partial charge in [-0.25, -0.2) is 0 Å². The summed E-state index contributed by atoms with van der Waals surface area (Å²) in [6, 6.07) is 13.9. The van der Waals surface area contributed by atoms with Crippen molar-refractivity contribution in [2.75, 3.05) is 5.75 Å². The van der Waals surface area contributed by atoms with Crippen LogP contribution in [0.3, 0.4) is 0 Å². The van der Waals surface area contributed by atoms with Gasteiger partial charge in [0.15, 0.2) is 0 Å². The molecule has 0 aliphatic heterocycles. The highest BCUT2D eigenvalue weighted by molar-refractivity contribution is 7.99. The molecule has 4 saturated carbocycles. The summed E-state index contributed by atoms with van der Waals surface area (Å²) in [4.78, 5) is 5.51. The third-order valence-corrected chi connectivity index (χ3v) is 7.93. The van der Waals surface area contributed by atoms with Crippen molar-refractivity contribution >= 4 is 11.8 Å². The van der Waals surface area contributed by atoms with Crippen LogP contribution in [0.4, 0.5) is 0 Å². The van der Waals surface area contributed by atoms with E-state index in [-0.39, 0.29) is 0 Å². The maximum Gasteiger partial charge on any atom is 0.0270 e. The number of nitrogens with zero attached hydrogens (tertiary/aromatic N) is 1. The van der Waals surface area contributed by atoms with Crippen molar-refractivity contribution in [2.45, 2.75) is 55.3 Å². The standard InChI is InChI=1S/C23H27NS/c1-3-22(25-10-7-17-5-8-24-9-6-17)4-2-21(1)23-14-18-11-19(15-23)13-20(12-18)16-23/h1-6,8-9,18-20H,7,10-16H2. The van der Waals surface area contributed by atoms with Gasteiger partial charge in [0.25, 0.3) is 0 Å². The van der Waals surface area contributed by atoms with E-state index in [0.717, 1.165) is 29.9 Å². The molecule has 25 heavy (non-hydrogen) atoms. The number of thioether (sulfide) groups is 1. The molecule has 0 spiro atoms. The van der Waals surface area contributed by atoms with Crippen molar-refractivity contribution in [2.24, 2.45) is 17.8 Å². The van der Waals surface area contributed by atoms with E-state index in [1.807, 2.05) is 24.2 Å². The van der Waals surface area contributed by atoms with Crippen LogP contribution in [-0.4, -0.2) is 10.7 Å². The molecule has 4 fully saturated rings. The number of pyridine rings is 1. The van der Waals surface area contributed by atoms with Crippen LogP contribution in [0.5, 0.6) is 0 Å². The fourth-order valence-electron chi connectivity index (χ4n) is 6.21. The third kappa shape index (κ3) is 3.14. The molecule has 1 nitrogen and oxygen atoms in total. The lowest BCUT2D eigenvalue weighted by Crippen LogP contribution is -2.48. The summed E-state index contributed by atoms with van der Waals surface area (Å²) in [5.41, 5.74) is 3.56. The van der Waals surface area contributed by atoms with Gasteiger partial charge >= 0.3 is 0 Å². The van der Waals surface area contributed by atoms with Gasteiger partial charge in [-0.05, 0) is 104 Å². The van der Waals surface area contributed by atoms with Gasteiger partial charge in [0, 0.05) is 23.0 Å². The molecule has 6 rings (SSSR count). The minimum absolute atomic E-state index is 0.537. The van der Waals surface area contributed by atoms with Crippen molar-refractivity contribution in [3.05, 3.63) is 59.9 Å². The summed E-state index contributed by atoms with van der Waals surface area (Å²) in [5.74, 6) is 4.22. The first-order valence-electron chi connectivity index (χ1n) is 9.91. The van der Waals surface area contributed by atoms with Crippen molar-refractivity contribution < 1.29 is 0 Å². The third-order valence-electron chi connectivity index (χ3n) is 6.91. The van der Waals surface area contributed by atoms with E-state index in [0.29, 0.717) is 5.41 Å². The molecule has 0 amide bonds. The van der Waals surface area contributed by atoms with Crippen LogP contribution in [-0.2, 0) is 11.8 Å². The maximum absolute atomic E-state index is 4.09. The quantitative estimate of drug-likeness (QED) is 0.625. The van der Waals surface area contributed by atoms with Crippen LogP contribution in [0.1, 0.15) is 49.7 Å². The first-order valence-corrected chi connectivity index (χ1v) is 10.9. The molecular formula is C23H27NS. The van der Waals surface area contributed by atoms with Gasteiger partial charge < -0.3 is 0 Å². The molecular weight excluding hydrogens is 322 g/mol. The van der Waals surface area contributed by atoms with E-state index in [1.54, 1.807) is 5.56 Å². The molecule has 1 aromatic heterocycles. The van der Waals surface area contributed by atoms with Crippen LogP contribution in [0.2, 0.25) is 0 Å². The van der Waals surface area contributed by atoms with Crippen LogP contribution in [0.15, 0.2) is 53.7 Å². The lowest BCUT2D eigenvalue weighted by molar-refractivity contribution is -0.00520. The van der Waals surface area contributed by atoms with Crippen molar-refractivity contribution in [1.82, 2.24) is 4.98 Å². The lowest BCUT2D eigenvalue weighted by atomic mass is 9.48. The Balaban J connectivity index is 1.25. The molecule has 0 atom stereocenters. The minimum atomic E-state index is 0.537. The largest absolute Gasteiger partial charge is 0.265 e. The second-order valence-corrected chi connectivity index (χ2v) is 9.84. The Labute approximate surface area is 155 Å². The Kier molecular flexibility index (Phi) is 4.12. The minimum Gasteiger partial charge on any atom is -0.265 e. The number of aromatic nitrogens is 1. The highest BCUT2D eigenvalue weighted by Gasteiger charge is 2.51. The van der Waals surface area contributed by atoms with Gasteiger partial charge in [-0.15, -0.1) is 11.8 Å². The van der Waals surface area contributed by atoms with Crippen molar-refractivity contribution in [3.63, 3.8) is 0 Å². The zero-order valence-electron chi connectivity index (χ0n) is 14.9. The average molecular weight is 350 g/mol. The lowest BCUT2D eigenvalue weighted by Gasteiger charge is -2.57. The normalized spacial score (nSPS) is 32.9. The van der Waals surface area contributed by atoms with Crippen LogP contribution in [0.25, 0.3) is 0 Å². The van der Waals surface area contributed by atoms with Gasteiger partial charge in [-0.1, -0.05) is 12.1 Å². The monoisotopic (exact) mass is 349 g/mol. The number of aryl methyl sites for hydroxylation is 1. The molecule has 0 unspecified atom stereocenters. The van der Waals surface area contributed by atoms with E-state index in [9.17, 15) is 0 Å². The van der Waals surface area contributed by atoms with Crippen molar-refractivity contribution in [3.8, 4) is 0 Å². The number of benzene rings is 1. The molecule has 2 heteroatoms. The molecule has 4 bridgehead atoms. The highest BCUT2D eigenvalue weighted by atomic mass is 32.2. The molecule has 0 N–H and O–H groups in total. The molecule has 1 heterocycles. The van der Waals surface area contributed by atoms with Gasteiger partial charge in [-0.3, -0.25) is 4.98 Å². The topological polar surface area (TPSA) is 12.9 Å². The van der Waals surface area contributed by atoms with Crippen LogP contribution >= 0.6 is 11.8 Å². The number of rotatable bonds is 5. The summed E-state index contributed by atoms with van der Waals surface area (Å²) < 4.78 is 0. The second kappa shape index (κ2) is 6.46.